The number of nitrogens with one attached hydrogen (secondary N) is 1. The molecule has 0 radical (unpaired) electrons. The molecule has 21 heavy (non-hydrogen) atoms. The van der Waals surface area contributed by atoms with Crippen LogP contribution in [-0.2, 0) is 17.1 Å². The maximum atomic E-state index is 11.7. The fourth-order valence-corrected chi connectivity index (χ4v) is 2.51. The van der Waals surface area contributed by atoms with Crippen molar-refractivity contribution in [1.82, 2.24) is 10.3 Å². The number of nitrogens with zero attached hydrogens (tertiary/aromatic N) is 2. The summed E-state index contributed by atoms with van der Waals surface area (Å²) in [6, 6.07) is 13.3. The van der Waals surface area contributed by atoms with Crippen LogP contribution in [0, 0.1) is 11.3 Å². The van der Waals surface area contributed by atoms with Crippen LogP contribution >= 0.6 is 11.8 Å². The molecular weight excluding hydrogens is 282 g/mol. The Hall–Kier alpha value is -2.32. The summed E-state index contributed by atoms with van der Waals surface area (Å²) in [5.41, 5.74) is 2.80. The van der Waals surface area contributed by atoms with Crippen molar-refractivity contribution in [3.8, 4) is 6.07 Å². The van der Waals surface area contributed by atoms with Crippen molar-refractivity contribution in [2.45, 2.75) is 12.3 Å². The first-order valence-corrected chi connectivity index (χ1v) is 7.66. The molecular formula is C16H15N3OS. The lowest BCUT2D eigenvalue weighted by Gasteiger charge is -2.05. The summed E-state index contributed by atoms with van der Waals surface area (Å²) in [6.45, 7) is 0.527. The smallest absolute Gasteiger partial charge is 0.230 e. The quantitative estimate of drug-likeness (QED) is 0.889. The summed E-state index contributed by atoms with van der Waals surface area (Å²) < 4.78 is 0. The average Bonchev–Trinajstić information content (AvgIpc) is 2.54. The van der Waals surface area contributed by atoms with Gasteiger partial charge in [0.2, 0.25) is 5.91 Å². The number of thioether (sulfide) groups is 1. The monoisotopic (exact) mass is 297 g/mol. The Morgan fingerprint density at radius 3 is 2.52 bits per heavy atom. The molecule has 1 aromatic carbocycles. The molecule has 0 spiro atoms. The van der Waals surface area contributed by atoms with Gasteiger partial charge in [-0.15, -0.1) is 11.8 Å². The molecule has 1 aromatic heterocycles. The largest absolute Gasteiger partial charge is 0.351 e. The van der Waals surface area contributed by atoms with Crippen LogP contribution in [0.2, 0.25) is 0 Å². The van der Waals surface area contributed by atoms with Crippen LogP contribution in [0.3, 0.4) is 0 Å². The number of carbonyl (C=O) groups is 1. The Balaban J connectivity index is 1.68. The van der Waals surface area contributed by atoms with Gasteiger partial charge in [-0.2, -0.15) is 5.26 Å². The molecule has 0 aliphatic rings. The van der Waals surface area contributed by atoms with E-state index < -0.39 is 0 Å². The Morgan fingerprint density at radius 1 is 1.14 bits per heavy atom. The molecule has 2 aromatic rings. The maximum absolute atomic E-state index is 11.7. The van der Waals surface area contributed by atoms with Crippen molar-refractivity contribution in [2.24, 2.45) is 0 Å². The highest BCUT2D eigenvalue weighted by atomic mass is 32.2. The minimum atomic E-state index is 0.0189. The molecule has 5 heteroatoms. The van der Waals surface area contributed by atoms with Crippen LogP contribution in [0.5, 0.6) is 0 Å². The Kier molecular flexibility index (Phi) is 5.80. The van der Waals surface area contributed by atoms with E-state index in [-0.39, 0.29) is 5.91 Å². The predicted molar refractivity (Wildman–Crippen MR) is 83.4 cm³/mol. The van der Waals surface area contributed by atoms with Crippen LogP contribution < -0.4 is 5.32 Å². The zero-order chi connectivity index (χ0) is 14.9. The van der Waals surface area contributed by atoms with E-state index in [2.05, 4.69) is 16.4 Å². The number of hydrogen-bond acceptors (Lipinski definition) is 4. The first-order valence-electron chi connectivity index (χ1n) is 6.50. The summed E-state index contributed by atoms with van der Waals surface area (Å²) in [5, 5.41) is 11.6. The van der Waals surface area contributed by atoms with Gasteiger partial charge in [-0.25, -0.2) is 0 Å². The number of amides is 1. The van der Waals surface area contributed by atoms with Gasteiger partial charge >= 0.3 is 0 Å². The van der Waals surface area contributed by atoms with Crippen LogP contribution in [0.1, 0.15) is 16.7 Å². The molecule has 0 aliphatic carbocycles. The van der Waals surface area contributed by atoms with Gasteiger partial charge in [0, 0.05) is 24.7 Å². The predicted octanol–water partition coefficient (Wildman–Crippen LogP) is 2.50. The third-order valence-electron chi connectivity index (χ3n) is 2.82. The minimum Gasteiger partial charge on any atom is -0.351 e. The van der Waals surface area contributed by atoms with Crippen LogP contribution in [0.25, 0.3) is 0 Å². The molecule has 0 atom stereocenters. The normalized spacial score (nSPS) is 9.86. The van der Waals surface area contributed by atoms with Gasteiger partial charge in [0.15, 0.2) is 0 Å². The van der Waals surface area contributed by atoms with Gasteiger partial charge in [0.25, 0.3) is 0 Å². The standard InChI is InChI=1S/C16H15N3OS/c17-9-13-1-3-15(4-2-13)11-21-12-16(20)19-10-14-5-7-18-8-6-14/h1-8H,10-12H2,(H,19,20). The number of aromatic nitrogens is 1. The Morgan fingerprint density at radius 2 is 1.86 bits per heavy atom. The average molecular weight is 297 g/mol. The van der Waals surface area contributed by atoms with E-state index >= 15 is 0 Å². The molecule has 0 saturated carbocycles. The van der Waals surface area contributed by atoms with E-state index in [1.165, 1.54) is 0 Å². The van der Waals surface area contributed by atoms with Crippen LogP contribution in [-0.4, -0.2) is 16.6 Å². The van der Waals surface area contributed by atoms with E-state index in [1.807, 2.05) is 24.3 Å². The van der Waals surface area contributed by atoms with Crippen molar-refractivity contribution in [3.63, 3.8) is 0 Å². The summed E-state index contributed by atoms with van der Waals surface area (Å²) in [6.07, 6.45) is 3.42. The highest BCUT2D eigenvalue weighted by Gasteiger charge is 2.02. The molecule has 0 unspecified atom stereocenters. The Bertz CT molecular complexity index is 620. The summed E-state index contributed by atoms with van der Waals surface area (Å²) in [5.74, 6) is 1.20. The molecule has 1 heterocycles. The molecule has 0 saturated heterocycles. The first-order chi connectivity index (χ1) is 10.3. The van der Waals surface area contributed by atoms with Crippen molar-refractivity contribution in [3.05, 3.63) is 65.5 Å². The molecule has 2 rings (SSSR count). The third kappa shape index (κ3) is 5.28. The summed E-state index contributed by atoms with van der Waals surface area (Å²) in [7, 11) is 0. The number of nitriles is 1. The second kappa shape index (κ2) is 8.08. The minimum absolute atomic E-state index is 0.0189. The topological polar surface area (TPSA) is 65.8 Å². The zero-order valence-electron chi connectivity index (χ0n) is 11.5. The molecule has 106 valence electrons. The lowest BCUT2D eigenvalue weighted by molar-refractivity contribution is -0.118. The van der Waals surface area contributed by atoms with Gasteiger partial charge < -0.3 is 5.32 Å². The molecule has 4 nitrogen and oxygen atoms in total. The van der Waals surface area contributed by atoms with Gasteiger partial charge in [-0.1, -0.05) is 12.1 Å². The Labute approximate surface area is 128 Å². The van der Waals surface area contributed by atoms with E-state index in [4.69, 9.17) is 5.26 Å². The summed E-state index contributed by atoms with van der Waals surface area (Å²) >= 11 is 1.56. The number of hydrogen-bond donors (Lipinski definition) is 1. The van der Waals surface area contributed by atoms with E-state index in [0.717, 1.165) is 16.9 Å². The molecule has 0 bridgehead atoms. The van der Waals surface area contributed by atoms with Crippen molar-refractivity contribution in [2.75, 3.05) is 5.75 Å². The fraction of sp³-hybridized carbons (Fsp3) is 0.188. The van der Waals surface area contributed by atoms with Crippen molar-refractivity contribution < 1.29 is 4.79 Å². The van der Waals surface area contributed by atoms with E-state index in [0.29, 0.717) is 17.9 Å². The molecule has 1 N–H and O–H groups in total. The molecule has 1 amide bonds. The molecule has 0 fully saturated rings. The summed E-state index contributed by atoms with van der Waals surface area (Å²) in [4.78, 5) is 15.6. The highest BCUT2D eigenvalue weighted by molar-refractivity contribution is 7.99. The van der Waals surface area contributed by atoms with E-state index in [1.54, 1.807) is 36.3 Å². The lowest BCUT2D eigenvalue weighted by Crippen LogP contribution is -2.24. The van der Waals surface area contributed by atoms with Crippen molar-refractivity contribution in [1.29, 1.82) is 5.26 Å². The molecule has 0 aliphatic heterocycles. The van der Waals surface area contributed by atoms with Gasteiger partial charge in [0.05, 0.1) is 17.4 Å². The van der Waals surface area contributed by atoms with E-state index in [9.17, 15) is 4.79 Å². The first kappa shape index (κ1) is 15.1. The zero-order valence-corrected chi connectivity index (χ0v) is 12.3. The highest BCUT2D eigenvalue weighted by Crippen LogP contribution is 2.12. The van der Waals surface area contributed by atoms with Gasteiger partial charge in [-0.05, 0) is 35.4 Å². The third-order valence-corrected chi connectivity index (χ3v) is 3.83. The van der Waals surface area contributed by atoms with Crippen LogP contribution in [0.15, 0.2) is 48.8 Å². The second-order valence-corrected chi connectivity index (χ2v) is 5.42. The lowest BCUT2D eigenvalue weighted by atomic mass is 10.2. The number of pyridine rings is 1. The number of rotatable bonds is 6. The number of carbonyl (C=O) groups excluding carboxylic acids is 1. The number of benzene rings is 1. The maximum Gasteiger partial charge on any atom is 0.230 e. The SMILES string of the molecule is N#Cc1ccc(CSCC(=O)NCc2ccncc2)cc1. The fourth-order valence-electron chi connectivity index (χ4n) is 1.69. The van der Waals surface area contributed by atoms with Crippen molar-refractivity contribution >= 4 is 17.7 Å². The van der Waals surface area contributed by atoms with Crippen LogP contribution in [0.4, 0.5) is 0 Å². The van der Waals surface area contributed by atoms with Gasteiger partial charge in [0.1, 0.15) is 0 Å². The van der Waals surface area contributed by atoms with Gasteiger partial charge in [-0.3, -0.25) is 9.78 Å². The second-order valence-electron chi connectivity index (χ2n) is 4.43.